The highest BCUT2D eigenvalue weighted by molar-refractivity contribution is 6.31. The Labute approximate surface area is 106 Å². The predicted molar refractivity (Wildman–Crippen MR) is 70.0 cm³/mol. The van der Waals surface area contributed by atoms with E-state index in [1.54, 1.807) is 6.07 Å². The number of halogens is 2. The van der Waals surface area contributed by atoms with Gasteiger partial charge >= 0.3 is 0 Å². The summed E-state index contributed by atoms with van der Waals surface area (Å²) in [5.41, 5.74) is 6.84. The van der Waals surface area contributed by atoms with Crippen LogP contribution in [0, 0.1) is 5.82 Å². The molecule has 0 radical (unpaired) electrons. The number of benzene rings is 1. The molecule has 0 amide bonds. The Morgan fingerprint density at radius 1 is 1.59 bits per heavy atom. The van der Waals surface area contributed by atoms with Gasteiger partial charge in [0.05, 0.1) is 16.4 Å². The van der Waals surface area contributed by atoms with E-state index in [0.717, 1.165) is 13.1 Å². The van der Waals surface area contributed by atoms with Crippen LogP contribution >= 0.6 is 11.6 Å². The molecule has 1 aromatic carbocycles. The Bertz CT molecular complexity index is 411. The highest BCUT2D eigenvalue weighted by Gasteiger charge is 2.20. The van der Waals surface area contributed by atoms with Gasteiger partial charge in [0.15, 0.2) is 0 Å². The van der Waals surface area contributed by atoms with Gasteiger partial charge in [-0.15, -0.1) is 0 Å². The first-order valence-electron chi connectivity index (χ1n) is 5.76. The molecule has 1 aliphatic rings. The molecule has 1 heterocycles. The monoisotopic (exact) mass is 257 g/mol. The average Bonchev–Trinajstić information content (AvgIpc) is 2.68. The van der Waals surface area contributed by atoms with Gasteiger partial charge in [-0.1, -0.05) is 11.6 Å². The summed E-state index contributed by atoms with van der Waals surface area (Å²) >= 11 is 5.73. The van der Waals surface area contributed by atoms with Crippen LogP contribution < -0.4 is 11.1 Å². The second kappa shape index (κ2) is 5.10. The third kappa shape index (κ3) is 2.82. The topological polar surface area (TPSA) is 41.3 Å². The van der Waals surface area contributed by atoms with E-state index in [0.29, 0.717) is 17.4 Å². The number of nitrogens with zero attached hydrogens (tertiary/aromatic N) is 1. The summed E-state index contributed by atoms with van der Waals surface area (Å²) in [6.07, 6.45) is 2.40. The largest absolute Gasteiger partial charge is 0.397 e. The quantitative estimate of drug-likeness (QED) is 0.818. The molecule has 1 saturated heterocycles. The van der Waals surface area contributed by atoms with Crippen LogP contribution in [0.1, 0.15) is 12.8 Å². The third-order valence-corrected chi connectivity index (χ3v) is 3.58. The van der Waals surface area contributed by atoms with Crippen molar-refractivity contribution in [3.8, 4) is 0 Å². The number of anilines is 2. The zero-order chi connectivity index (χ0) is 12.4. The van der Waals surface area contributed by atoms with E-state index in [-0.39, 0.29) is 5.02 Å². The van der Waals surface area contributed by atoms with Gasteiger partial charge in [0.1, 0.15) is 5.82 Å². The van der Waals surface area contributed by atoms with Crippen molar-refractivity contribution < 1.29 is 4.39 Å². The number of hydrogen-bond donors (Lipinski definition) is 2. The molecule has 0 bridgehead atoms. The number of nitrogens with one attached hydrogen (secondary N) is 1. The van der Waals surface area contributed by atoms with Crippen LogP contribution in [-0.4, -0.2) is 31.1 Å². The third-order valence-electron chi connectivity index (χ3n) is 3.29. The molecule has 0 aliphatic carbocycles. The summed E-state index contributed by atoms with van der Waals surface area (Å²) in [6, 6.07) is 3.31. The Kier molecular flexibility index (Phi) is 3.74. The molecule has 3 nitrogen and oxygen atoms in total. The predicted octanol–water partition coefficient (Wildman–Crippen LogP) is 2.57. The van der Waals surface area contributed by atoms with Gasteiger partial charge in [-0.2, -0.15) is 0 Å². The zero-order valence-electron chi connectivity index (χ0n) is 9.84. The molecule has 94 valence electrons. The van der Waals surface area contributed by atoms with Crippen LogP contribution in [0.2, 0.25) is 5.02 Å². The molecule has 0 aromatic heterocycles. The van der Waals surface area contributed by atoms with Gasteiger partial charge in [0, 0.05) is 18.7 Å². The second-order valence-corrected chi connectivity index (χ2v) is 4.92. The molecule has 2 rings (SSSR count). The van der Waals surface area contributed by atoms with Gasteiger partial charge in [0.25, 0.3) is 0 Å². The molecule has 1 unspecified atom stereocenters. The summed E-state index contributed by atoms with van der Waals surface area (Å²) in [6.45, 7) is 1.94. The van der Waals surface area contributed by atoms with Gasteiger partial charge in [-0.05, 0) is 32.5 Å². The van der Waals surface area contributed by atoms with E-state index >= 15 is 0 Å². The molecule has 1 atom stereocenters. The normalized spacial score (nSPS) is 20.8. The van der Waals surface area contributed by atoms with Crippen molar-refractivity contribution in [1.29, 1.82) is 0 Å². The number of likely N-dealkylation sites (N-methyl/N-ethyl adjacent to an activating group) is 1. The number of hydrogen-bond acceptors (Lipinski definition) is 3. The molecule has 1 aliphatic heterocycles. The van der Waals surface area contributed by atoms with Crippen molar-refractivity contribution in [3.05, 3.63) is 23.0 Å². The van der Waals surface area contributed by atoms with Crippen molar-refractivity contribution >= 4 is 23.0 Å². The summed E-state index contributed by atoms with van der Waals surface area (Å²) < 4.78 is 13.1. The number of nitrogens with two attached hydrogens (primary N) is 1. The highest BCUT2D eigenvalue weighted by atomic mass is 35.5. The van der Waals surface area contributed by atoms with Crippen molar-refractivity contribution in [2.75, 3.05) is 31.2 Å². The van der Waals surface area contributed by atoms with Crippen molar-refractivity contribution in [2.24, 2.45) is 0 Å². The summed E-state index contributed by atoms with van der Waals surface area (Å²) in [5, 5.41) is 3.33. The Morgan fingerprint density at radius 3 is 3.00 bits per heavy atom. The lowest BCUT2D eigenvalue weighted by molar-refractivity contribution is 0.322. The minimum absolute atomic E-state index is 0.0986. The average molecular weight is 258 g/mol. The van der Waals surface area contributed by atoms with Crippen molar-refractivity contribution in [3.63, 3.8) is 0 Å². The van der Waals surface area contributed by atoms with E-state index in [1.807, 2.05) is 0 Å². The fourth-order valence-corrected chi connectivity index (χ4v) is 2.34. The molecule has 0 spiro atoms. The standard InChI is InChI=1S/C12H17ClFN3/c1-17-4-2-3-8(17)7-16-12-5-9(13)10(14)6-11(12)15/h5-6,8,16H,2-4,7,15H2,1H3. The summed E-state index contributed by atoms with van der Waals surface area (Å²) in [4.78, 5) is 2.31. The fourth-order valence-electron chi connectivity index (χ4n) is 2.18. The van der Waals surface area contributed by atoms with Gasteiger partial charge in [-0.3, -0.25) is 0 Å². The first-order chi connectivity index (χ1) is 8.08. The van der Waals surface area contributed by atoms with Crippen molar-refractivity contribution in [1.82, 2.24) is 4.90 Å². The lowest BCUT2D eigenvalue weighted by Gasteiger charge is -2.21. The Morgan fingerprint density at radius 2 is 2.35 bits per heavy atom. The van der Waals surface area contributed by atoms with Crippen LogP contribution in [0.3, 0.4) is 0 Å². The minimum atomic E-state index is -0.479. The molecule has 1 aromatic rings. The second-order valence-electron chi connectivity index (χ2n) is 4.51. The maximum atomic E-state index is 13.1. The zero-order valence-corrected chi connectivity index (χ0v) is 10.6. The summed E-state index contributed by atoms with van der Waals surface area (Å²) in [5.74, 6) is -0.479. The van der Waals surface area contributed by atoms with E-state index in [2.05, 4.69) is 17.3 Å². The van der Waals surface area contributed by atoms with Gasteiger partial charge in [0.2, 0.25) is 0 Å². The molecule has 1 fully saturated rings. The van der Waals surface area contributed by atoms with Crippen LogP contribution in [0.25, 0.3) is 0 Å². The number of nitrogen functional groups attached to an aromatic ring is 1. The fraction of sp³-hybridized carbons (Fsp3) is 0.500. The maximum absolute atomic E-state index is 13.1. The molecule has 0 saturated carbocycles. The summed E-state index contributed by atoms with van der Waals surface area (Å²) in [7, 11) is 2.11. The van der Waals surface area contributed by atoms with Crippen LogP contribution in [0.15, 0.2) is 12.1 Å². The van der Waals surface area contributed by atoms with Gasteiger partial charge < -0.3 is 16.0 Å². The highest BCUT2D eigenvalue weighted by Crippen LogP contribution is 2.26. The van der Waals surface area contributed by atoms with E-state index in [4.69, 9.17) is 17.3 Å². The first kappa shape index (κ1) is 12.5. The van der Waals surface area contributed by atoms with Crippen LogP contribution in [-0.2, 0) is 0 Å². The molecule has 3 N–H and O–H groups in total. The lowest BCUT2D eigenvalue weighted by Crippen LogP contribution is -2.31. The maximum Gasteiger partial charge on any atom is 0.143 e. The van der Waals surface area contributed by atoms with Crippen LogP contribution in [0.4, 0.5) is 15.8 Å². The smallest absolute Gasteiger partial charge is 0.143 e. The molecular weight excluding hydrogens is 241 g/mol. The van der Waals surface area contributed by atoms with Gasteiger partial charge in [-0.25, -0.2) is 4.39 Å². The Balaban J connectivity index is 2.01. The van der Waals surface area contributed by atoms with E-state index < -0.39 is 5.82 Å². The van der Waals surface area contributed by atoms with Crippen LogP contribution in [0.5, 0.6) is 0 Å². The van der Waals surface area contributed by atoms with E-state index in [9.17, 15) is 4.39 Å². The SMILES string of the molecule is CN1CCCC1CNc1cc(Cl)c(F)cc1N. The Hall–Kier alpha value is -1.00. The molecule has 17 heavy (non-hydrogen) atoms. The van der Waals surface area contributed by atoms with Crippen molar-refractivity contribution in [2.45, 2.75) is 18.9 Å². The number of likely N-dealkylation sites (tertiary alicyclic amines) is 1. The molecular formula is C12H17ClFN3. The van der Waals surface area contributed by atoms with E-state index in [1.165, 1.54) is 18.9 Å². The minimum Gasteiger partial charge on any atom is -0.397 e. The number of rotatable bonds is 3. The first-order valence-corrected chi connectivity index (χ1v) is 6.14. The lowest BCUT2D eigenvalue weighted by atomic mass is 10.2. The molecule has 5 heteroatoms.